The van der Waals surface area contributed by atoms with Crippen LogP contribution in [0.15, 0.2) is 18.2 Å². The van der Waals surface area contributed by atoms with Gasteiger partial charge in [0.1, 0.15) is 5.75 Å². The molecule has 0 spiro atoms. The fourth-order valence-corrected chi connectivity index (χ4v) is 2.46. The summed E-state index contributed by atoms with van der Waals surface area (Å²) in [6.45, 7) is 0. The standard InChI is InChI=1S/C13H14ClNO4/c14-8-2-4-10(11(16)6-8)12(17)15-9-3-1-7(5-9)13(18)19/h2,4,6-7,9,16H,1,3,5H2,(H,15,17)(H,18,19). The molecule has 19 heavy (non-hydrogen) atoms. The van der Waals surface area contributed by atoms with Gasteiger partial charge in [0.25, 0.3) is 5.91 Å². The lowest BCUT2D eigenvalue weighted by atomic mass is 10.1. The lowest BCUT2D eigenvalue weighted by Crippen LogP contribution is -2.33. The quantitative estimate of drug-likeness (QED) is 0.792. The number of aliphatic carboxylic acids is 1. The minimum atomic E-state index is -0.828. The van der Waals surface area contributed by atoms with Crippen molar-refractivity contribution < 1.29 is 19.8 Å². The fraction of sp³-hybridized carbons (Fsp3) is 0.385. The van der Waals surface area contributed by atoms with Gasteiger partial charge in [-0.2, -0.15) is 0 Å². The number of carbonyl (C=O) groups excluding carboxylic acids is 1. The molecule has 1 aliphatic carbocycles. The summed E-state index contributed by atoms with van der Waals surface area (Å²) in [6, 6.07) is 4.09. The summed E-state index contributed by atoms with van der Waals surface area (Å²) < 4.78 is 0. The second kappa shape index (κ2) is 5.48. The summed E-state index contributed by atoms with van der Waals surface area (Å²) in [4.78, 5) is 22.8. The molecule has 102 valence electrons. The van der Waals surface area contributed by atoms with Gasteiger partial charge in [-0.15, -0.1) is 0 Å². The molecular weight excluding hydrogens is 270 g/mol. The number of nitrogens with one attached hydrogen (secondary N) is 1. The van der Waals surface area contributed by atoms with Crippen LogP contribution in [0.25, 0.3) is 0 Å². The molecule has 0 saturated heterocycles. The molecule has 2 rings (SSSR count). The Balaban J connectivity index is 2.00. The zero-order chi connectivity index (χ0) is 14.0. The summed E-state index contributed by atoms with van der Waals surface area (Å²) in [5.41, 5.74) is 0.142. The fourth-order valence-electron chi connectivity index (χ4n) is 2.30. The predicted molar refractivity (Wildman–Crippen MR) is 69.3 cm³/mol. The van der Waals surface area contributed by atoms with Crippen LogP contribution in [0, 0.1) is 5.92 Å². The van der Waals surface area contributed by atoms with Crippen molar-refractivity contribution in [1.29, 1.82) is 0 Å². The maximum atomic E-state index is 11.9. The van der Waals surface area contributed by atoms with Gasteiger partial charge in [0.05, 0.1) is 11.5 Å². The Labute approximate surface area is 115 Å². The summed E-state index contributed by atoms with van der Waals surface area (Å²) in [7, 11) is 0. The molecule has 1 aliphatic rings. The number of amides is 1. The first-order valence-electron chi connectivity index (χ1n) is 5.99. The maximum absolute atomic E-state index is 11.9. The third-order valence-corrected chi connectivity index (χ3v) is 3.56. The van der Waals surface area contributed by atoms with Crippen LogP contribution >= 0.6 is 11.6 Å². The minimum Gasteiger partial charge on any atom is -0.507 e. The van der Waals surface area contributed by atoms with E-state index in [1.807, 2.05) is 0 Å². The van der Waals surface area contributed by atoms with Gasteiger partial charge in [-0.25, -0.2) is 0 Å². The number of phenols is 1. The average molecular weight is 284 g/mol. The molecule has 0 aliphatic heterocycles. The Morgan fingerprint density at radius 2 is 2.05 bits per heavy atom. The van der Waals surface area contributed by atoms with Crippen molar-refractivity contribution in [2.75, 3.05) is 0 Å². The largest absolute Gasteiger partial charge is 0.507 e. The molecule has 1 amide bonds. The van der Waals surface area contributed by atoms with Gasteiger partial charge in [-0.3, -0.25) is 9.59 Å². The first kappa shape index (κ1) is 13.7. The van der Waals surface area contributed by atoms with Crippen molar-refractivity contribution in [2.24, 2.45) is 5.92 Å². The van der Waals surface area contributed by atoms with Gasteiger partial charge in [0.2, 0.25) is 0 Å². The number of carbonyl (C=O) groups is 2. The third kappa shape index (κ3) is 3.17. The number of rotatable bonds is 3. The second-order valence-corrected chi connectivity index (χ2v) is 5.12. The van der Waals surface area contributed by atoms with Crippen molar-refractivity contribution in [1.82, 2.24) is 5.32 Å². The third-order valence-electron chi connectivity index (χ3n) is 3.32. The maximum Gasteiger partial charge on any atom is 0.306 e. The number of phenolic OH excluding ortho intramolecular Hbond substituents is 1. The van der Waals surface area contributed by atoms with E-state index < -0.39 is 17.8 Å². The van der Waals surface area contributed by atoms with Crippen molar-refractivity contribution in [3.05, 3.63) is 28.8 Å². The number of aromatic hydroxyl groups is 1. The normalized spacial score (nSPS) is 22.2. The van der Waals surface area contributed by atoms with Gasteiger partial charge < -0.3 is 15.5 Å². The van der Waals surface area contributed by atoms with Gasteiger partial charge >= 0.3 is 5.97 Å². The van der Waals surface area contributed by atoms with Crippen LogP contribution in [-0.2, 0) is 4.79 Å². The van der Waals surface area contributed by atoms with E-state index in [9.17, 15) is 14.7 Å². The van der Waals surface area contributed by atoms with Crippen LogP contribution in [0.5, 0.6) is 5.75 Å². The molecule has 1 saturated carbocycles. The lowest BCUT2D eigenvalue weighted by molar-refractivity contribution is -0.141. The first-order chi connectivity index (χ1) is 8.97. The van der Waals surface area contributed by atoms with E-state index in [0.717, 1.165) is 0 Å². The molecule has 0 heterocycles. The molecule has 2 unspecified atom stereocenters. The van der Waals surface area contributed by atoms with Gasteiger partial charge in [0, 0.05) is 11.1 Å². The van der Waals surface area contributed by atoms with E-state index >= 15 is 0 Å². The minimum absolute atomic E-state index is 0.142. The number of benzene rings is 1. The Bertz CT molecular complexity index is 517. The average Bonchev–Trinajstić information content (AvgIpc) is 2.77. The molecular formula is C13H14ClNO4. The first-order valence-corrected chi connectivity index (χ1v) is 6.37. The Morgan fingerprint density at radius 1 is 1.32 bits per heavy atom. The van der Waals surface area contributed by atoms with Gasteiger partial charge in [-0.1, -0.05) is 11.6 Å². The molecule has 3 N–H and O–H groups in total. The lowest BCUT2D eigenvalue weighted by Gasteiger charge is -2.13. The van der Waals surface area contributed by atoms with E-state index in [1.54, 1.807) is 0 Å². The predicted octanol–water partition coefficient (Wildman–Crippen LogP) is 2.03. The van der Waals surface area contributed by atoms with Crippen LogP contribution in [0.3, 0.4) is 0 Å². The second-order valence-electron chi connectivity index (χ2n) is 4.68. The number of hydrogen-bond donors (Lipinski definition) is 3. The highest BCUT2D eigenvalue weighted by Gasteiger charge is 2.30. The zero-order valence-electron chi connectivity index (χ0n) is 10.1. The highest BCUT2D eigenvalue weighted by Crippen LogP contribution is 2.27. The molecule has 0 aromatic heterocycles. The monoisotopic (exact) mass is 283 g/mol. The van der Waals surface area contributed by atoms with Gasteiger partial charge in [-0.05, 0) is 37.5 Å². The molecule has 0 radical (unpaired) electrons. The molecule has 6 heteroatoms. The molecule has 2 atom stereocenters. The van der Waals surface area contributed by atoms with Gasteiger partial charge in [0.15, 0.2) is 0 Å². The molecule has 1 aromatic rings. The van der Waals surface area contributed by atoms with E-state index in [2.05, 4.69) is 5.32 Å². The number of carboxylic acids is 1. The van der Waals surface area contributed by atoms with Crippen LogP contribution in [0.4, 0.5) is 0 Å². The van der Waals surface area contributed by atoms with Crippen LogP contribution in [-0.4, -0.2) is 28.1 Å². The van der Waals surface area contributed by atoms with E-state index in [-0.39, 0.29) is 17.4 Å². The topological polar surface area (TPSA) is 86.6 Å². The number of hydrogen-bond acceptors (Lipinski definition) is 3. The molecule has 0 bridgehead atoms. The zero-order valence-corrected chi connectivity index (χ0v) is 10.9. The Hall–Kier alpha value is -1.75. The van der Waals surface area contributed by atoms with Crippen molar-refractivity contribution in [3.63, 3.8) is 0 Å². The molecule has 5 nitrogen and oxygen atoms in total. The summed E-state index contributed by atoms with van der Waals surface area (Å²) in [5.74, 6) is -1.82. The molecule has 1 fully saturated rings. The summed E-state index contributed by atoms with van der Waals surface area (Å²) in [6.07, 6.45) is 1.62. The Kier molecular flexibility index (Phi) is 3.95. The number of halogens is 1. The number of carboxylic acid groups (broad SMARTS) is 1. The van der Waals surface area contributed by atoms with E-state index in [4.69, 9.17) is 16.7 Å². The van der Waals surface area contributed by atoms with Crippen molar-refractivity contribution >= 4 is 23.5 Å². The molecule has 1 aromatic carbocycles. The summed E-state index contributed by atoms with van der Waals surface area (Å²) >= 11 is 5.69. The Morgan fingerprint density at radius 3 is 2.63 bits per heavy atom. The van der Waals surface area contributed by atoms with Crippen LogP contribution in [0.2, 0.25) is 5.02 Å². The van der Waals surface area contributed by atoms with Crippen molar-refractivity contribution in [2.45, 2.75) is 25.3 Å². The highest BCUT2D eigenvalue weighted by atomic mass is 35.5. The van der Waals surface area contributed by atoms with E-state index in [1.165, 1.54) is 18.2 Å². The van der Waals surface area contributed by atoms with Crippen LogP contribution < -0.4 is 5.32 Å². The summed E-state index contributed by atoms with van der Waals surface area (Å²) in [5, 5.41) is 21.6. The SMILES string of the molecule is O=C(NC1CCC(C(=O)O)C1)c1ccc(Cl)cc1O. The highest BCUT2D eigenvalue weighted by molar-refractivity contribution is 6.30. The smallest absolute Gasteiger partial charge is 0.306 e. The van der Waals surface area contributed by atoms with Crippen molar-refractivity contribution in [3.8, 4) is 5.75 Å². The van der Waals surface area contributed by atoms with E-state index in [0.29, 0.717) is 24.3 Å². The van der Waals surface area contributed by atoms with Crippen LogP contribution in [0.1, 0.15) is 29.6 Å².